The van der Waals surface area contributed by atoms with E-state index in [0.29, 0.717) is 0 Å². The maximum atomic E-state index is 9.85. The third kappa shape index (κ3) is 2.44. The molecule has 0 amide bonds. The fourth-order valence-corrected chi connectivity index (χ4v) is 4.05. The number of nitrogens with zero attached hydrogens (tertiary/aromatic N) is 3. The van der Waals surface area contributed by atoms with Gasteiger partial charge in [-0.05, 0) is 38.3 Å². The van der Waals surface area contributed by atoms with Gasteiger partial charge in [-0.25, -0.2) is 9.50 Å². The maximum Gasteiger partial charge on any atom is 0.213 e. The summed E-state index contributed by atoms with van der Waals surface area (Å²) in [7, 11) is 0. The van der Waals surface area contributed by atoms with Gasteiger partial charge in [0, 0.05) is 12.0 Å². The third-order valence-electron chi connectivity index (χ3n) is 3.87. The molecule has 3 rings (SSSR count). The lowest BCUT2D eigenvalue weighted by Crippen LogP contribution is -1.99. The Morgan fingerprint density at radius 3 is 2.45 bits per heavy atom. The number of rotatable bonds is 4. The Morgan fingerprint density at radius 1 is 1.18 bits per heavy atom. The Labute approximate surface area is 134 Å². The molecule has 5 heteroatoms. The first-order valence-electron chi connectivity index (χ1n) is 7.61. The van der Waals surface area contributed by atoms with Gasteiger partial charge in [0.2, 0.25) is 4.96 Å². The van der Waals surface area contributed by atoms with Crippen LogP contribution in [0.2, 0.25) is 0 Å². The lowest BCUT2D eigenvalue weighted by Gasteiger charge is -2.10. The van der Waals surface area contributed by atoms with E-state index in [1.54, 1.807) is 11.3 Å². The molecule has 0 spiro atoms. The van der Waals surface area contributed by atoms with Crippen molar-refractivity contribution in [2.45, 2.75) is 47.1 Å². The molecule has 116 valence electrons. The first-order chi connectivity index (χ1) is 10.5. The monoisotopic (exact) mass is 315 g/mol. The van der Waals surface area contributed by atoms with Gasteiger partial charge >= 0.3 is 0 Å². The van der Waals surface area contributed by atoms with Gasteiger partial charge in [-0.3, -0.25) is 0 Å². The standard InChI is InChI=1S/C17H21N3OS/c1-5-6-14-19-20-13(9-21)16(18-17(20)22-14)15-11(3)7-10(2)8-12(15)4/h7-8,21H,5-6,9H2,1-4H3. The first-order valence-corrected chi connectivity index (χ1v) is 8.43. The average Bonchev–Trinajstić information content (AvgIpc) is 2.94. The van der Waals surface area contributed by atoms with Crippen LogP contribution < -0.4 is 0 Å². The molecule has 22 heavy (non-hydrogen) atoms. The fraction of sp³-hybridized carbons (Fsp3) is 0.412. The zero-order chi connectivity index (χ0) is 15.9. The van der Waals surface area contributed by atoms with Gasteiger partial charge in [0.25, 0.3) is 0 Å². The van der Waals surface area contributed by atoms with Crippen molar-refractivity contribution in [3.05, 3.63) is 39.5 Å². The molecule has 0 saturated carbocycles. The zero-order valence-corrected chi connectivity index (χ0v) is 14.3. The smallest absolute Gasteiger partial charge is 0.213 e. The lowest BCUT2D eigenvalue weighted by atomic mass is 9.96. The van der Waals surface area contributed by atoms with Gasteiger partial charge in [0.1, 0.15) is 5.01 Å². The van der Waals surface area contributed by atoms with Crippen molar-refractivity contribution < 1.29 is 5.11 Å². The Hall–Kier alpha value is -1.72. The fourth-order valence-electron chi connectivity index (χ4n) is 3.04. The molecule has 2 aromatic heterocycles. The molecule has 0 saturated heterocycles. The number of aryl methyl sites for hydroxylation is 4. The van der Waals surface area contributed by atoms with Crippen molar-refractivity contribution in [1.82, 2.24) is 14.6 Å². The van der Waals surface area contributed by atoms with Gasteiger partial charge in [-0.15, -0.1) is 0 Å². The van der Waals surface area contributed by atoms with Crippen molar-refractivity contribution in [3.63, 3.8) is 0 Å². The van der Waals surface area contributed by atoms with E-state index in [4.69, 9.17) is 4.98 Å². The Bertz CT molecular complexity index is 809. The highest BCUT2D eigenvalue weighted by Crippen LogP contribution is 2.32. The summed E-state index contributed by atoms with van der Waals surface area (Å²) in [5.74, 6) is 0. The molecule has 0 bridgehead atoms. The van der Waals surface area contributed by atoms with Gasteiger partial charge in [-0.1, -0.05) is 36.0 Å². The molecule has 4 nitrogen and oxygen atoms in total. The molecule has 0 unspecified atom stereocenters. The topological polar surface area (TPSA) is 50.4 Å². The van der Waals surface area contributed by atoms with Gasteiger partial charge < -0.3 is 5.11 Å². The number of imidazole rings is 1. The summed E-state index contributed by atoms with van der Waals surface area (Å²) in [6, 6.07) is 4.32. The summed E-state index contributed by atoms with van der Waals surface area (Å²) < 4.78 is 1.81. The summed E-state index contributed by atoms with van der Waals surface area (Å²) in [5.41, 5.74) is 6.37. The molecule has 1 aromatic carbocycles. The molecule has 0 atom stereocenters. The molecule has 0 fully saturated rings. The second-order valence-corrected chi connectivity index (χ2v) is 6.82. The molecule has 0 aliphatic rings. The molecule has 0 aliphatic heterocycles. The molecular weight excluding hydrogens is 294 g/mol. The van der Waals surface area contributed by atoms with Gasteiger partial charge in [0.05, 0.1) is 18.0 Å². The van der Waals surface area contributed by atoms with Crippen molar-refractivity contribution >= 4 is 16.3 Å². The summed E-state index contributed by atoms with van der Waals surface area (Å²) >= 11 is 1.61. The minimum atomic E-state index is -0.0570. The minimum absolute atomic E-state index is 0.0570. The second-order valence-electron chi connectivity index (χ2n) is 5.78. The van der Waals surface area contributed by atoms with Gasteiger partial charge in [-0.2, -0.15) is 5.10 Å². The van der Waals surface area contributed by atoms with E-state index in [-0.39, 0.29) is 6.61 Å². The van der Waals surface area contributed by atoms with Crippen LogP contribution >= 0.6 is 11.3 Å². The van der Waals surface area contributed by atoms with Crippen LogP contribution in [0.1, 0.15) is 40.7 Å². The predicted molar refractivity (Wildman–Crippen MR) is 90.4 cm³/mol. The second kappa shape index (κ2) is 5.82. The lowest BCUT2D eigenvalue weighted by molar-refractivity contribution is 0.275. The number of aliphatic hydroxyl groups is 1. The molecule has 1 N–H and O–H groups in total. The highest BCUT2D eigenvalue weighted by atomic mass is 32.1. The molecule has 3 aromatic rings. The van der Waals surface area contributed by atoms with Crippen LogP contribution in [0.25, 0.3) is 16.2 Å². The summed E-state index contributed by atoms with van der Waals surface area (Å²) in [4.78, 5) is 5.63. The van der Waals surface area contributed by atoms with Crippen LogP contribution in [0, 0.1) is 20.8 Å². The zero-order valence-electron chi connectivity index (χ0n) is 13.5. The first kappa shape index (κ1) is 15.2. The number of hydrogen-bond acceptors (Lipinski definition) is 4. The van der Waals surface area contributed by atoms with E-state index in [1.165, 1.54) is 16.7 Å². The van der Waals surface area contributed by atoms with Gasteiger partial charge in [0.15, 0.2) is 0 Å². The van der Waals surface area contributed by atoms with Crippen LogP contribution in [0.3, 0.4) is 0 Å². The minimum Gasteiger partial charge on any atom is -0.390 e. The Balaban J connectivity index is 2.21. The SMILES string of the molecule is CCCc1nn2c(CO)c(-c3c(C)cc(C)cc3C)nc2s1. The molecular formula is C17H21N3OS. The number of benzene rings is 1. The normalized spacial score (nSPS) is 11.5. The van der Waals surface area contributed by atoms with Crippen molar-refractivity contribution in [3.8, 4) is 11.3 Å². The largest absolute Gasteiger partial charge is 0.390 e. The number of aromatic nitrogens is 3. The van der Waals surface area contributed by atoms with E-state index in [0.717, 1.165) is 39.8 Å². The Morgan fingerprint density at radius 2 is 1.86 bits per heavy atom. The van der Waals surface area contributed by atoms with E-state index >= 15 is 0 Å². The van der Waals surface area contributed by atoms with Crippen LogP contribution in [-0.2, 0) is 13.0 Å². The highest BCUT2D eigenvalue weighted by Gasteiger charge is 2.20. The number of aliphatic hydroxyl groups excluding tert-OH is 1. The van der Waals surface area contributed by atoms with Crippen LogP contribution in [0.4, 0.5) is 0 Å². The summed E-state index contributed by atoms with van der Waals surface area (Å²) in [6.45, 7) is 8.38. The predicted octanol–water partition coefficient (Wildman–Crippen LogP) is 3.83. The van der Waals surface area contributed by atoms with Crippen LogP contribution in [-0.4, -0.2) is 19.7 Å². The maximum absolute atomic E-state index is 9.85. The van der Waals surface area contributed by atoms with Crippen molar-refractivity contribution in [2.24, 2.45) is 0 Å². The molecule has 0 radical (unpaired) electrons. The quantitative estimate of drug-likeness (QED) is 0.796. The van der Waals surface area contributed by atoms with Crippen LogP contribution in [0.15, 0.2) is 12.1 Å². The summed E-state index contributed by atoms with van der Waals surface area (Å²) in [6.07, 6.45) is 2.02. The van der Waals surface area contributed by atoms with E-state index in [9.17, 15) is 5.11 Å². The van der Waals surface area contributed by atoms with Crippen LogP contribution in [0.5, 0.6) is 0 Å². The van der Waals surface area contributed by atoms with E-state index in [1.807, 2.05) is 4.52 Å². The summed E-state index contributed by atoms with van der Waals surface area (Å²) in [5, 5.41) is 15.5. The van der Waals surface area contributed by atoms with E-state index in [2.05, 4.69) is 44.9 Å². The third-order valence-corrected chi connectivity index (χ3v) is 4.83. The average molecular weight is 315 g/mol. The Kier molecular flexibility index (Phi) is 4.02. The van der Waals surface area contributed by atoms with Crippen molar-refractivity contribution in [1.29, 1.82) is 0 Å². The highest BCUT2D eigenvalue weighted by molar-refractivity contribution is 7.16. The number of fused-ring (bicyclic) bond motifs is 1. The number of hydrogen-bond donors (Lipinski definition) is 1. The molecule has 2 heterocycles. The van der Waals surface area contributed by atoms with E-state index < -0.39 is 0 Å². The molecule has 0 aliphatic carbocycles. The van der Waals surface area contributed by atoms with Crippen molar-refractivity contribution in [2.75, 3.05) is 0 Å².